The van der Waals surface area contributed by atoms with Crippen molar-refractivity contribution in [2.45, 2.75) is 40.2 Å². The zero-order valence-electron chi connectivity index (χ0n) is 15.6. The molecule has 6 heteroatoms. The molecule has 2 aromatic heterocycles. The van der Waals surface area contributed by atoms with Gasteiger partial charge >= 0.3 is 0 Å². The predicted molar refractivity (Wildman–Crippen MR) is 104 cm³/mol. The highest BCUT2D eigenvalue weighted by atomic mass is 35.5. The molecular formula is C20H23ClN4O. The number of fused-ring (bicyclic) bond motifs is 1. The molecule has 0 aliphatic heterocycles. The number of aryl methyl sites for hydroxylation is 4. The van der Waals surface area contributed by atoms with E-state index < -0.39 is 0 Å². The summed E-state index contributed by atoms with van der Waals surface area (Å²) in [7, 11) is 1.91. The van der Waals surface area contributed by atoms with Crippen LogP contribution >= 0.6 is 11.6 Å². The summed E-state index contributed by atoms with van der Waals surface area (Å²) in [6.45, 7) is 6.59. The summed E-state index contributed by atoms with van der Waals surface area (Å²) < 4.78 is 1.81. The van der Waals surface area contributed by atoms with E-state index in [0.717, 1.165) is 33.5 Å². The third-order valence-electron chi connectivity index (χ3n) is 4.73. The molecule has 1 N–H and O–H groups in total. The van der Waals surface area contributed by atoms with E-state index >= 15 is 0 Å². The molecular weight excluding hydrogens is 348 g/mol. The first kappa shape index (κ1) is 18.4. The zero-order valence-corrected chi connectivity index (χ0v) is 16.3. The molecule has 0 bridgehead atoms. The van der Waals surface area contributed by atoms with Crippen LogP contribution in [0.25, 0.3) is 11.0 Å². The Bertz CT molecular complexity index is 960. The smallest absolute Gasteiger partial charge is 0.220 e. The van der Waals surface area contributed by atoms with Gasteiger partial charge in [-0.2, -0.15) is 5.10 Å². The number of rotatable bonds is 5. The van der Waals surface area contributed by atoms with E-state index in [1.807, 2.05) is 49.8 Å². The molecule has 0 unspecified atom stereocenters. The highest BCUT2D eigenvalue weighted by Gasteiger charge is 2.16. The van der Waals surface area contributed by atoms with Crippen LogP contribution in [-0.2, 0) is 24.8 Å². The molecule has 3 aromatic rings. The molecule has 1 aromatic carbocycles. The van der Waals surface area contributed by atoms with Gasteiger partial charge in [0.1, 0.15) is 0 Å². The van der Waals surface area contributed by atoms with E-state index in [9.17, 15) is 4.79 Å². The number of hydrogen-bond donors (Lipinski definition) is 1. The fourth-order valence-electron chi connectivity index (χ4n) is 3.36. The molecule has 0 fully saturated rings. The summed E-state index contributed by atoms with van der Waals surface area (Å²) in [6, 6.07) is 7.49. The number of benzene rings is 1. The number of amides is 1. The van der Waals surface area contributed by atoms with Gasteiger partial charge in [0, 0.05) is 36.1 Å². The lowest BCUT2D eigenvalue weighted by molar-refractivity contribution is -0.121. The molecule has 0 aliphatic carbocycles. The van der Waals surface area contributed by atoms with Crippen LogP contribution in [0.5, 0.6) is 0 Å². The van der Waals surface area contributed by atoms with Crippen molar-refractivity contribution in [2.75, 3.05) is 0 Å². The number of aromatic nitrogens is 3. The maximum Gasteiger partial charge on any atom is 0.220 e. The minimum Gasteiger partial charge on any atom is -0.352 e. The fourth-order valence-corrected chi connectivity index (χ4v) is 3.49. The Labute approximate surface area is 158 Å². The number of pyridine rings is 1. The lowest BCUT2D eigenvalue weighted by Crippen LogP contribution is -2.23. The summed E-state index contributed by atoms with van der Waals surface area (Å²) in [5.41, 5.74) is 6.17. The molecule has 2 heterocycles. The molecule has 0 aliphatic rings. The summed E-state index contributed by atoms with van der Waals surface area (Å²) in [5, 5.41) is 9.21. The topological polar surface area (TPSA) is 59.8 Å². The number of carbonyl (C=O) groups is 1. The van der Waals surface area contributed by atoms with Gasteiger partial charge in [-0.15, -0.1) is 0 Å². The molecule has 26 heavy (non-hydrogen) atoms. The average Bonchev–Trinajstić information content (AvgIpc) is 2.88. The summed E-state index contributed by atoms with van der Waals surface area (Å²) in [4.78, 5) is 16.9. The van der Waals surface area contributed by atoms with Crippen molar-refractivity contribution in [3.05, 3.63) is 57.4 Å². The molecule has 0 spiro atoms. The Hall–Kier alpha value is -2.40. The van der Waals surface area contributed by atoms with Crippen LogP contribution in [0.3, 0.4) is 0 Å². The van der Waals surface area contributed by atoms with Gasteiger partial charge < -0.3 is 5.32 Å². The van der Waals surface area contributed by atoms with Gasteiger partial charge in [0.05, 0.1) is 5.69 Å². The Balaban J connectivity index is 1.68. The lowest BCUT2D eigenvalue weighted by atomic mass is 9.99. The van der Waals surface area contributed by atoms with Crippen LogP contribution in [0.2, 0.25) is 5.02 Å². The normalized spacial score (nSPS) is 11.1. The SMILES string of the molecule is Cc1nc2c(c(C)nn2C)c(C)c1CCC(=O)NCc1ccc(Cl)cc1. The third-order valence-corrected chi connectivity index (χ3v) is 4.99. The highest BCUT2D eigenvalue weighted by Crippen LogP contribution is 2.25. The van der Waals surface area contributed by atoms with Crippen molar-refractivity contribution < 1.29 is 4.79 Å². The Morgan fingerprint density at radius 2 is 1.85 bits per heavy atom. The average molecular weight is 371 g/mol. The van der Waals surface area contributed by atoms with Crippen molar-refractivity contribution >= 4 is 28.5 Å². The van der Waals surface area contributed by atoms with E-state index in [2.05, 4.69) is 17.3 Å². The van der Waals surface area contributed by atoms with Gasteiger partial charge in [-0.3, -0.25) is 9.48 Å². The first-order chi connectivity index (χ1) is 12.4. The van der Waals surface area contributed by atoms with E-state index in [1.54, 1.807) is 0 Å². The minimum atomic E-state index is 0.0294. The Morgan fingerprint density at radius 1 is 1.15 bits per heavy atom. The van der Waals surface area contributed by atoms with Gasteiger partial charge in [0.25, 0.3) is 0 Å². The van der Waals surface area contributed by atoms with Gasteiger partial charge in [0.2, 0.25) is 5.91 Å². The summed E-state index contributed by atoms with van der Waals surface area (Å²) >= 11 is 5.88. The van der Waals surface area contributed by atoms with E-state index in [-0.39, 0.29) is 5.91 Å². The van der Waals surface area contributed by atoms with Crippen LogP contribution < -0.4 is 5.32 Å². The van der Waals surface area contributed by atoms with Crippen LogP contribution in [0, 0.1) is 20.8 Å². The highest BCUT2D eigenvalue weighted by molar-refractivity contribution is 6.30. The molecule has 0 radical (unpaired) electrons. The van der Waals surface area contributed by atoms with Crippen molar-refractivity contribution in [3.63, 3.8) is 0 Å². The second-order valence-electron chi connectivity index (χ2n) is 6.61. The van der Waals surface area contributed by atoms with Crippen molar-refractivity contribution in [1.82, 2.24) is 20.1 Å². The van der Waals surface area contributed by atoms with Crippen LogP contribution in [-0.4, -0.2) is 20.7 Å². The van der Waals surface area contributed by atoms with Crippen LogP contribution in [0.15, 0.2) is 24.3 Å². The van der Waals surface area contributed by atoms with Gasteiger partial charge in [-0.05, 0) is 56.0 Å². The number of nitrogens with zero attached hydrogens (tertiary/aromatic N) is 3. The summed E-state index contributed by atoms with van der Waals surface area (Å²) in [6.07, 6.45) is 1.10. The van der Waals surface area contributed by atoms with Crippen LogP contribution in [0.1, 0.15) is 34.5 Å². The number of hydrogen-bond acceptors (Lipinski definition) is 3. The minimum absolute atomic E-state index is 0.0294. The first-order valence-electron chi connectivity index (χ1n) is 8.67. The summed E-state index contributed by atoms with van der Waals surface area (Å²) in [5.74, 6) is 0.0294. The molecule has 0 saturated heterocycles. The van der Waals surface area contributed by atoms with Crippen molar-refractivity contribution in [2.24, 2.45) is 7.05 Å². The first-order valence-corrected chi connectivity index (χ1v) is 9.05. The molecule has 0 saturated carbocycles. The maximum atomic E-state index is 12.2. The predicted octanol–water partition coefficient (Wildman–Crippen LogP) is 3.80. The standard InChI is InChI=1S/C20H23ClN4O/c1-12-17(13(2)23-20-19(12)14(3)24-25(20)4)9-10-18(26)22-11-15-5-7-16(21)8-6-15/h5-8H,9-11H2,1-4H3,(H,22,26). The largest absolute Gasteiger partial charge is 0.352 e. The molecule has 3 rings (SSSR count). The number of halogens is 1. The quantitative estimate of drug-likeness (QED) is 0.743. The van der Waals surface area contributed by atoms with Crippen molar-refractivity contribution in [3.8, 4) is 0 Å². The molecule has 5 nitrogen and oxygen atoms in total. The second-order valence-corrected chi connectivity index (χ2v) is 7.05. The third kappa shape index (κ3) is 3.73. The number of carbonyl (C=O) groups excluding carboxylic acids is 1. The maximum absolute atomic E-state index is 12.2. The Morgan fingerprint density at radius 3 is 2.54 bits per heavy atom. The van der Waals surface area contributed by atoms with Gasteiger partial charge in [-0.1, -0.05) is 23.7 Å². The van der Waals surface area contributed by atoms with Crippen LogP contribution in [0.4, 0.5) is 0 Å². The Kier molecular flexibility index (Phi) is 5.28. The van der Waals surface area contributed by atoms with Gasteiger partial charge in [-0.25, -0.2) is 4.98 Å². The van der Waals surface area contributed by atoms with Gasteiger partial charge in [0.15, 0.2) is 5.65 Å². The monoisotopic (exact) mass is 370 g/mol. The second kappa shape index (κ2) is 7.46. The van der Waals surface area contributed by atoms with E-state index in [0.29, 0.717) is 24.4 Å². The molecule has 0 atom stereocenters. The number of nitrogens with one attached hydrogen (secondary N) is 1. The zero-order chi connectivity index (χ0) is 18.8. The fraction of sp³-hybridized carbons (Fsp3) is 0.350. The van der Waals surface area contributed by atoms with Crippen molar-refractivity contribution in [1.29, 1.82) is 0 Å². The molecule has 136 valence electrons. The molecule has 1 amide bonds. The van der Waals surface area contributed by atoms with E-state index in [4.69, 9.17) is 16.6 Å². The lowest BCUT2D eigenvalue weighted by Gasteiger charge is -2.11. The van der Waals surface area contributed by atoms with E-state index in [1.165, 1.54) is 5.56 Å².